The van der Waals surface area contributed by atoms with Crippen LogP contribution in [0, 0.1) is 27.3 Å². The fourth-order valence-electron chi connectivity index (χ4n) is 1.71. The van der Waals surface area contributed by atoms with Crippen LogP contribution in [0.1, 0.15) is 5.56 Å². The van der Waals surface area contributed by atoms with Gasteiger partial charge in [-0.2, -0.15) is 9.65 Å². The molecule has 2 rings (SSSR count). The number of hydrogen-bond donors (Lipinski definition) is 1. The Kier molecular flexibility index (Phi) is 4.58. The number of aromatic amines is 1. The van der Waals surface area contributed by atoms with Crippen LogP contribution in [-0.2, 0) is 0 Å². The molecule has 1 heterocycles. The minimum Gasteiger partial charge on any atom is -0.300 e. The van der Waals surface area contributed by atoms with Crippen LogP contribution < -0.4 is 5.56 Å². The minimum absolute atomic E-state index is 0.0451. The SMILES string of the molecule is CSc1nc(-c2cc(F)c([N+](=O)[O-])cc2Br)c(C#N)c(=O)[nH]1. The van der Waals surface area contributed by atoms with Gasteiger partial charge in [-0.3, -0.25) is 14.9 Å². The molecular weight excluding hydrogens is 379 g/mol. The van der Waals surface area contributed by atoms with E-state index < -0.39 is 22.0 Å². The first-order valence-corrected chi connectivity index (χ1v) is 7.63. The number of nitriles is 1. The molecule has 0 saturated carbocycles. The first kappa shape index (κ1) is 16.1. The molecule has 7 nitrogen and oxygen atoms in total. The van der Waals surface area contributed by atoms with Crippen LogP contribution in [0.3, 0.4) is 0 Å². The van der Waals surface area contributed by atoms with Crippen LogP contribution >= 0.6 is 27.7 Å². The van der Waals surface area contributed by atoms with Gasteiger partial charge in [0.15, 0.2) is 5.16 Å². The number of H-pyrrole nitrogens is 1. The monoisotopic (exact) mass is 384 g/mol. The van der Waals surface area contributed by atoms with Crippen molar-refractivity contribution in [3.05, 3.63) is 48.5 Å². The summed E-state index contributed by atoms with van der Waals surface area (Å²) in [5.41, 5.74) is -1.64. The smallest absolute Gasteiger partial charge is 0.300 e. The van der Waals surface area contributed by atoms with Crippen molar-refractivity contribution < 1.29 is 9.31 Å². The molecule has 0 atom stereocenters. The van der Waals surface area contributed by atoms with Crippen molar-refractivity contribution in [3.63, 3.8) is 0 Å². The van der Waals surface area contributed by atoms with E-state index in [9.17, 15) is 19.3 Å². The van der Waals surface area contributed by atoms with Gasteiger partial charge in [0, 0.05) is 16.1 Å². The van der Waals surface area contributed by atoms with Gasteiger partial charge in [0.25, 0.3) is 5.56 Å². The van der Waals surface area contributed by atoms with Gasteiger partial charge in [0.05, 0.1) is 10.6 Å². The summed E-state index contributed by atoms with van der Waals surface area (Å²) in [6.45, 7) is 0. The molecule has 22 heavy (non-hydrogen) atoms. The molecule has 1 N–H and O–H groups in total. The number of nitro groups is 1. The number of halogens is 2. The summed E-state index contributed by atoms with van der Waals surface area (Å²) >= 11 is 4.22. The average molecular weight is 385 g/mol. The van der Waals surface area contributed by atoms with E-state index in [1.54, 1.807) is 12.3 Å². The Bertz CT molecular complexity index is 878. The van der Waals surface area contributed by atoms with Crippen LogP contribution in [0.2, 0.25) is 0 Å². The van der Waals surface area contributed by atoms with E-state index in [0.29, 0.717) is 0 Å². The molecule has 0 saturated heterocycles. The van der Waals surface area contributed by atoms with Crippen molar-refractivity contribution in [1.29, 1.82) is 5.26 Å². The Hall–Kier alpha value is -2.25. The lowest BCUT2D eigenvalue weighted by atomic mass is 10.1. The molecular formula is C12H6BrFN4O3S. The first-order valence-electron chi connectivity index (χ1n) is 5.61. The molecule has 2 aromatic rings. The number of thioether (sulfide) groups is 1. The second-order valence-corrected chi connectivity index (χ2v) is 5.60. The van der Waals surface area contributed by atoms with Crippen LogP contribution in [0.4, 0.5) is 10.1 Å². The normalized spacial score (nSPS) is 10.3. The molecule has 0 aliphatic rings. The summed E-state index contributed by atoms with van der Waals surface area (Å²) in [6.07, 6.45) is 1.67. The van der Waals surface area contributed by atoms with E-state index in [1.807, 2.05) is 0 Å². The second kappa shape index (κ2) is 6.25. The maximum Gasteiger partial charge on any atom is 0.305 e. The molecule has 0 unspecified atom stereocenters. The number of benzene rings is 1. The van der Waals surface area contributed by atoms with Crippen LogP contribution in [0.5, 0.6) is 0 Å². The van der Waals surface area contributed by atoms with Crippen molar-refractivity contribution in [3.8, 4) is 17.3 Å². The van der Waals surface area contributed by atoms with Gasteiger partial charge < -0.3 is 4.98 Å². The molecule has 10 heteroatoms. The van der Waals surface area contributed by atoms with E-state index in [4.69, 9.17) is 5.26 Å². The fraction of sp³-hybridized carbons (Fsp3) is 0.0833. The van der Waals surface area contributed by atoms with E-state index in [0.717, 1.165) is 23.9 Å². The van der Waals surface area contributed by atoms with Crippen molar-refractivity contribution in [1.82, 2.24) is 9.97 Å². The van der Waals surface area contributed by atoms with Crippen molar-refractivity contribution >= 4 is 33.4 Å². The summed E-state index contributed by atoms with van der Waals surface area (Å²) in [4.78, 5) is 28.2. The third-order valence-corrected chi connectivity index (χ3v) is 3.93. The summed E-state index contributed by atoms with van der Waals surface area (Å²) < 4.78 is 14.0. The Morgan fingerprint density at radius 2 is 2.23 bits per heavy atom. The zero-order valence-electron chi connectivity index (χ0n) is 10.9. The molecule has 0 aliphatic heterocycles. The van der Waals surface area contributed by atoms with E-state index in [1.165, 1.54) is 0 Å². The highest BCUT2D eigenvalue weighted by atomic mass is 79.9. The van der Waals surface area contributed by atoms with Gasteiger partial charge in [-0.1, -0.05) is 11.8 Å². The zero-order valence-corrected chi connectivity index (χ0v) is 13.3. The van der Waals surface area contributed by atoms with Gasteiger partial charge >= 0.3 is 5.69 Å². The Labute approximate surface area is 135 Å². The quantitative estimate of drug-likeness (QED) is 0.376. The molecule has 0 bridgehead atoms. The lowest BCUT2D eigenvalue weighted by Crippen LogP contribution is -2.14. The molecule has 0 amide bonds. The largest absolute Gasteiger partial charge is 0.305 e. The molecule has 0 fully saturated rings. The highest BCUT2D eigenvalue weighted by molar-refractivity contribution is 9.10. The molecule has 112 valence electrons. The van der Waals surface area contributed by atoms with Crippen LogP contribution in [-0.4, -0.2) is 21.1 Å². The Morgan fingerprint density at radius 1 is 1.55 bits per heavy atom. The number of nitrogens with one attached hydrogen (secondary N) is 1. The number of aromatic nitrogens is 2. The predicted molar refractivity (Wildman–Crippen MR) is 81.1 cm³/mol. The van der Waals surface area contributed by atoms with E-state index in [-0.39, 0.29) is 26.4 Å². The predicted octanol–water partition coefficient (Wildman–Crippen LogP) is 2.84. The van der Waals surface area contributed by atoms with Gasteiger partial charge in [-0.15, -0.1) is 0 Å². The lowest BCUT2D eigenvalue weighted by Gasteiger charge is -2.07. The topological polar surface area (TPSA) is 113 Å². The number of nitro benzene ring substituents is 1. The third kappa shape index (κ3) is 2.86. The van der Waals surface area contributed by atoms with Gasteiger partial charge in [0.1, 0.15) is 11.6 Å². The average Bonchev–Trinajstić information content (AvgIpc) is 2.48. The summed E-state index contributed by atoms with van der Waals surface area (Å²) in [7, 11) is 0. The standard InChI is InChI=1S/C12H6BrFN4O3S/c1-22-12-16-10(6(4-15)11(19)17-12)5-2-8(14)9(18(20)21)3-7(5)13/h2-3H,1H3,(H,16,17,19). The lowest BCUT2D eigenvalue weighted by molar-refractivity contribution is -0.387. The van der Waals surface area contributed by atoms with Crippen LogP contribution in [0.15, 0.2) is 26.6 Å². The highest BCUT2D eigenvalue weighted by Gasteiger charge is 2.22. The van der Waals surface area contributed by atoms with Crippen molar-refractivity contribution in [2.75, 3.05) is 6.26 Å². The number of rotatable bonds is 3. The van der Waals surface area contributed by atoms with E-state index >= 15 is 0 Å². The number of hydrogen-bond acceptors (Lipinski definition) is 6. The fourth-order valence-corrected chi connectivity index (χ4v) is 2.60. The Morgan fingerprint density at radius 3 is 2.77 bits per heavy atom. The van der Waals surface area contributed by atoms with E-state index in [2.05, 4.69) is 25.9 Å². The van der Waals surface area contributed by atoms with Crippen LogP contribution in [0.25, 0.3) is 11.3 Å². The van der Waals surface area contributed by atoms with Gasteiger partial charge in [-0.25, -0.2) is 4.98 Å². The molecule has 1 aromatic carbocycles. The summed E-state index contributed by atoms with van der Waals surface area (Å²) in [6, 6.07) is 3.54. The van der Waals surface area contributed by atoms with Gasteiger partial charge in [0.2, 0.25) is 5.82 Å². The Balaban J connectivity index is 2.80. The molecule has 0 spiro atoms. The molecule has 0 aliphatic carbocycles. The highest BCUT2D eigenvalue weighted by Crippen LogP contribution is 2.33. The van der Waals surface area contributed by atoms with Gasteiger partial charge in [-0.05, 0) is 28.3 Å². The second-order valence-electron chi connectivity index (χ2n) is 3.95. The maximum absolute atomic E-state index is 13.8. The van der Waals surface area contributed by atoms with Crippen molar-refractivity contribution in [2.45, 2.75) is 5.16 Å². The summed E-state index contributed by atoms with van der Waals surface area (Å²) in [5, 5.41) is 20.1. The number of nitrogens with zero attached hydrogens (tertiary/aromatic N) is 3. The molecule has 0 radical (unpaired) electrons. The molecule has 1 aromatic heterocycles. The minimum atomic E-state index is -1.08. The first-order chi connectivity index (χ1) is 10.4. The third-order valence-electron chi connectivity index (χ3n) is 2.69. The summed E-state index contributed by atoms with van der Waals surface area (Å²) in [5.74, 6) is -1.08. The van der Waals surface area contributed by atoms with Crippen molar-refractivity contribution in [2.24, 2.45) is 0 Å². The zero-order chi connectivity index (χ0) is 16.4. The maximum atomic E-state index is 13.8.